The van der Waals surface area contributed by atoms with E-state index in [1.807, 2.05) is 35.0 Å². The average molecular weight is 431 g/mol. The molecule has 9 heteroatoms. The van der Waals surface area contributed by atoms with E-state index >= 15 is 0 Å². The van der Waals surface area contributed by atoms with Crippen molar-refractivity contribution >= 4 is 22.5 Å². The first-order chi connectivity index (χ1) is 15.7. The molecule has 5 N–H and O–H groups in total. The fourth-order valence-corrected chi connectivity index (χ4v) is 4.39. The van der Waals surface area contributed by atoms with Gasteiger partial charge in [-0.15, -0.1) is 0 Å². The summed E-state index contributed by atoms with van der Waals surface area (Å²) >= 11 is 0. The van der Waals surface area contributed by atoms with Crippen LogP contribution in [0.5, 0.6) is 5.88 Å². The van der Waals surface area contributed by atoms with E-state index in [1.54, 1.807) is 13.3 Å². The lowest BCUT2D eigenvalue weighted by molar-refractivity contribution is 0.350. The molecule has 164 valence electrons. The van der Waals surface area contributed by atoms with E-state index in [-0.39, 0.29) is 6.04 Å². The van der Waals surface area contributed by atoms with Crippen molar-refractivity contribution < 1.29 is 4.74 Å². The number of nitrogen functional groups attached to an aromatic ring is 2. The predicted octanol–water partition coefficient (Wildman–Crippen LogP) is 2.58. The van der Waals surface area contributed by atoms with Gasteiger partial charge in [-0.05, 0) is 43.6 Å². The molecule has 5 rings (SSSR count). The normalized spacial score (nSPS) is 14.7. The SMILES string of the molecule is COc1ncccc1Cc1ccc(-c2nn(C3CCNCC3)c3ncnc(N)c23)c(N)c1. The Morgan fingerprint density at radius 1 is 1.12 bits per heavy atom. The zero-order valence-corrected chi connectivity index (χ0v) is 18.0. The molecule has 1 aromatic carbocycles. The topological polar surface area (TPSA) is 130 Å². The second-order valence-corrected chi connectivity index (χ2v) is 8.00. The lowest BCUT2D eigenvalue weighted by Gasteiger charge is -2.23. The molecule has 0 saturated carbocycles. The van der Waals surface area contributed by atoms with Crippen LogP contribution in [0.15, 0.2) is 42.9 Å². The fourth-order valence-electron chi connectivity index (χ4n) is 4.39. The summed E-state index contributed by atoms with van der Waals surface area (Å²) in [6, 6.07) is 10.2. The number of hydrogen-bond acceptors (Lipinski definition) is 8. The van der Waals surface area contributed by atoms with Crippen molar-refractivity contribution in [1.82, 2.24) is 30.0 Å². The highest BCUT2D eigenvalue weighted by molar-refractivity contribution is 6.00. The molecule has 0 spiro atoms. The Kier molecular flexibility index (Phi) is 5.32. The number of hydrogen-bond donors (Lipinski definition) is 3. The van der Waals surface area contributed by atoms with E-state index < -0.39 is 0 Å². The Hall–Kier alpha value is -3.72. The number of pyridine rings is 1. The van der Waals surface area contributed by atoms with Gasteiger partial charge in [0.05, 0.1) is 18.5 Å². The Morgan fingerprint density at radius 2 is 1.97 bits per heavy atom. The Bertz CT molecular complexity index is 1260. The van der Waals surface area contributed by atoms with Gasteiger partial charge in [-0.1, -0.05) is 18.2 Å². The van der Waals surface area contributed by atoms with E-state index in [0.29, 0.717) is 23.8 Å². The number of piperidine rings is 1. The summed E-state index contributed by atoms with van der Waals surface area (Å²) in [6.07, 6.45) is 5.85. The molecule has 0 amide bonds. The summed E-state index contributed by atoms with van der Waals surface area (Å²) in [6.45, 7) is 1.91. The summed E-state index contributed by atoms with van der Waals surface area (Å²) in [5, 5.41) is 9.09. The quantitative estimate of drug-likeness (QED) is 0.412. The molecule has 0 bridgehead atoms. The van der Waals surface area contributed by atoms with Crippen LogP contribution in [0.1, 0.15) is 30.0 Å². The number of anilines is 2. The molecule has 4 heterocycles. The minimum atomic E-state index is 0.264. The number of nitrogens with two attached hydrogens (primary N) is 2. The zero-order valence-electron chi connectivity index (χ0n) is 18.0. The summed E-state index contributed by atoms with van der Waals surface area (Å²) in [7, 11) is 1.62. The van der Waals surface area contributed by atoms with Gasteiger partial charge < -0.3 is 21.5 Å². The largest absolute Gasteiger partial charge is 0.481 e. The standard InChI is InChI=1S/C23H26N8O/c1-32-23-15(3-2-8-27-23)11-14-4-5-17(18(24)12-14)20-19-21(25)28-13-29-22(19)31(30-20)16-6-9-26-10-7-16/h2-5,8,12-13,16,26H,6-7,9-11,24H2,1H3,(H2,25,28,29). The first-order valence-electron chi connectivity index (χ1n) is 10.7. The molecule has 1 fully saturated rings. The van der Waals surface area contributed by atoms with Gasteiger partial charge >= 0.3 is 0 Å². The van der Waals surface area contributed by atoms with Crippen LogP contribution in [-0.2, 0) is 6.42 Å². The first kappa shape index (κ1) is 20.2. The Labute approximate surface area is 185 Å². The van der Waals surface area contributed by atoms with E-state index in [4.69, 9.17) is 21.3 Å². The number of ether oxygens (including phenoxy) is 1. The molecule has 1 saturated heterocycles. The number of methoxy groups -OCH3 is 1. The van der Waals surface area contributed by atoms with E-state index in [2.05, 4.69) is 20.3 Å². The third-order valence-corrected chi connectivity index (χ3v) is 5.98. The lowest BCUT2D eigenvalue weighted by atomic mass is 10.0. The highest BCUT2D eigenvalue weighted by Crippen LogP contribution is 2.36. The highest BCUT2D eigenvalue weighted by Gasteiger charge is 2.24. The van der Waals surface area contributed by atoms with Crippen LogP contribution in [0.2, 0.25) is 0 Å². The van der Waals surface area contributed by atoms with E-state index in [0.717, 1.165) is 59.3 Å². The minimum absolute atomic E-state index is 0.264. The van der Waals surface area contributed by atoms with Gasteiger partial charge in [0.1, 0.15) is 17.8 Å². The molecule has 1 aliphatic rings. The molecule has 1 aliphatic heterocycles. The van der Waals surface area contributed by atoms with Crippen LogP contribution in [0.4, 0.5) is 11.5 Å². The maximum absolute atomic E-state index is 6.52. The van der Waals surface area contributed by atoms with Gasteiger partial charge in [0.25, 0.3) is 0 Å². The minimum Gasteiger partial charge on any atom is -0.481 e. The summed E-state index contributed by atoms with van der Waals surface area (Å²) in [5.74, 6) is 1.03. The van der Waals surface area contributed by atoms with Crippen LogP contribution in [0.3, 0.4) is 0 Å². The number of nitrogens with zero attached hydrogens (tertiary/aromatic N) is 5. The summed E-state index contributed by atoms with van der Waals surface area (Å²) in [4.78, 5) is 13.0. The van der Waals surface area contributed by atoms with Gasteiger partial charge in [-0.3, -0.25) is 0 Å². The monoisotopic (exact) mass is 430 g/mol. The Morgan fingerprint density at radius 3 is 2.75 bits per heavy atom. The van der Waals surface area contributed by atoms with Crippen molar-refractivity contribution in [3.8, 4) is 17.1 Å². The van der Waals surface area contributed by atoms with Crippen molar-refractivity contribution in [3.05, 3.63) is 54.0 Å². The zero-order chi connectivity index (χ0) is 22.1. The second kappa shape index (κ2) is 8.43. The number of nitrogens with one attached hydrogen (secondary N) is 1. The van der Waals surface area contributed by atoms with Gasteiger partial charge in [-0.25, -0.2) is 19.6 Å². The van der Waals surface area contributed by atoms with Gasteiger partial charge in [-0.2, -0.15) is 5.10 Å². The maximum Gasteiger partial charge on any atom is 0.216 e. The van der Waals surface area contributed by atoms with E-state index in [1.165, 1.54) is 6.33 Å². The van der Waals surface area contributed by atoms with Gasteiger partial charge in [0, 0.05) is 29.4 Å². The summed E-state index contributed by atoms with van der Waals surface area (Å²) in [5.41, 5.74) is 17.8. The lowest BCUT2D eigenvalue weighted by Crippen LogP contribution is -2.30. The molecule has 0 unspecified atom stereocenters. The molecule has 4 aromatic rings. The molecule has 3 aromatic heterocycles. The second-order valence-electron chi connectivity index (χ2n) is 8.00. The van der Waals surface area contributed by atoms with Crippen molar-refractivity contribution in [3.63, 3.8) is 0 Å². The molecule has 32 heavy (non-hydrogen) atoms. The third-order valence-electron chi connectivity index (χ3n) is 5.98. The van der Waals surface area contributed by atoms with Crippen LogP contribution >= 0.6 is 0 Å². The van der Waals surface area contributed by atoms with Gasteiger partial charge in [0.2, 0.25) is 5.88 Å². The van der Waals surface area contributed by atoms with Crippen LogP contribution < -0.4 is 21.5 Å². The van der Waals surface area contributed by atoms with Crippen LogP contribution in [0, 0.1) is 0 Å². The van der Waals surface area contributed by atoms with Crippen LogP contribution in [0.25, 0.3) is 22.3 Å². The van der Waals surface area contributed by atoms with Crippen molar-refractivity contribution in [2.75, 3.05) is 31.7 Å². The fraction of sp³-hybridized carbons (Fsp3) is 0.304. The number of fused-ring (bicyclic) bond motifs is 1. The van der Waals surface area contributed by atoms with E-state index in [9.17, 15) is 0 Å². The smallest absolute Gasteiger partial charge is 0.216 e. The summed E-state index contributed by atoms with van der Waals surface area (Å²) < 4.78 is 7.37. The van der Waals surface area contributed by atoms with Gasteiger partial charge in [0.15, 0.2) is 5.65 Å². The maximum atomic E-state index is 6.52. The van der Waals surface area contributed by atoms with Crippen molar-refractivity contribution in [2.45, 2.75) is 25.3 Å². The number of aromatic nitrogens is 5. The molecule has 0 aliphatic carbocycles. The average Bonchev–Trinajstić information content (AvgIpc) is 3.21. The highest BCUT2D eigenvalue weighted by atomic mass is 16.5. The third kappa shape index (κ3) is 3.60. The molecular formula is C23H26N8O. The molecule has 9 nitrogen and oxygen atoms in total. The van der Waals surface area contributed by atoms with Crippen molar-refractivity contribution in [2.24, 2.45) is 0 Å². The molecule has 0 radical (unpaired) electrons. The van der Waals surface area contributed by atoms with Crippen molar-refractivity contribution in [1.29, 1.82) is 0 Å². The molecule has 0 atom stereocenters. The number of rotatable bonds is 5. The predicted molar refractivity (Wildman–Crippen MR) is 124 cm³/mol. The Balaban J connectivity index is 1.55. The van der Waals surface area contributed by atoms with Crippen LogP contribution in [-0.4, -0.2) is 44.9 Å². The molecular weight excluding hydrogens is 404 g/mol. The first-order valence-corrected chi connectivity index (χ1v) is 10.7. The number of benzene rings is 1.